The molecule has 62 heavy (non-hydrogen) atoms. The molecule has 15 heteroatoms. The zero-order valence-corrected chi connectivity index (χ0v) is 36.6. The minimum atomic E-state index is -0.632. The molecule has 4 aliphatic heterocycles. The van der Waals surface area contributed by atoms with Crippen LogP contribution in [0.1, 0.15) is 93.8 Å². The number of carbonyl (C=O) groups is 4. The maximum Gasteiger partial charge on any atom is 0.408 e. The van der Waals surface area contributed by atoms with Crippen LogP contribution in [-0.4, -0.2) is 148 Å². The lowest BCUT2D eigenvalue weighted by Gasteiger charge is -2.52. The third-order valence-electron chi connectivity index (χ3n) is 14.0. The van der Waals surface area contributed by atoms with Gasteiger partial charge in [-0.15, -0.1) is 0 Å². The van der Waals surface area contributed by atoms with E-state index in [0.717, 1.165) is 84.2 Å². The van der Waals surface area contributed by atoms with Crippen molar-refractivity contribution < 1.29 is 28.3 Å². The number of fused-ring (bicyclic) bond motifs is 4. The summed E-state index contributed by atoms with van der Waals surface area (Å²) >= 11 is 0. The first kappa shape index (κ1) is 43.7. The first-order chi connectivity index (χ1) is 29.8. The van der Waals surface area contributed by atoms with Crippen molar-refractivity contribution in [1.82, 2.24) is 40.0 Å². The molecule has 2 saturated carbocycles. The van der Waals surface area contributed by atoms with Gasteiger partial charge in [0.15, 0.2) is 0 Å². The Morgan fingerprint density at radius 3 is 2.26 bits per heavy atom. The largest absolute Gasteiger partial charge is 0.444 e. The quantitative estimate of drug-likeness (QED) is 0.297. The van der Waals surface area contributed by atoms with Gasteiger partial charge in [-0.1, -0.05) is 43.5 Å². The summed E-state index contributed by atoms with van der Waals surface area (Å²) in [4.78, 5) is 76.6. The first-order valence-corrected chi connectivity index (χ1v) is 22.9. The Hall–Kier alpha value is -4.89. The van der Waals surface area contributed by atoms with Gasteiger partial charge in [0.2, 0.25) is 11.8 Å². The van der Waals surface area contributed by atoms with Gasteiger partial charge in [-0.25, -0.2) is 14.3 Å². The lowest BCUT2D eigenvalue weighted by atomic mass is 9.71. The van der Waals surface area contributed by atoms with Gasteiger partial charge in [0.1, 0.15) is 17.5 Å². The summed E-state index contributed by atoms with van der Waals surface area (Å²) in [6.45, 7) is 12.4. The molecule has 14 nitrogen and oxygen atoms in total. The third-order valence-corrected chi connectivity index (χ3v) is 14.0. The van der Waals surface area contributed by atoms with Gasteiger partial charge >= 0.3 is 6.09 Å². The summed E-state index contributed by atoms with van der Waals surface area (Å²) < 4.78 is 20.7. The molecule has 6 aliphatic rings. The normalized spacial score (nSPS) is 23.4. The molecule has 5 heterocycles. The van der Waals surface area contributed by atoms with E-state index in [1.54, 1.807) is 29.2 Å². The summed E-state index contributed by atoms with van der Waals surface area (Å²) in [6, 6.07) is 11.3. The van der Waals surface area contributed by atoms with Crippen LogP contribution in [0.15, 0.2) is 47.3 Å². The SMILES string of the molecule is CC(C)(C)OC(=O)N[C@@H](C(=O)N1CC2CCC1CC2CN1CCN(CC(=O)N2CCN(C(=O)c3cc(Cc4n[nH]c(=O)c5ccccc45)ccc3F)CC2)CC1)C1CCCCC1. The Labute approximate surface area is 363 Å². The van der Waals surface area contributed by atoms with Crippen molar-refractivity contribution in [3.8, 4) is 0 Å². The molecule has 2 aliphatic carbocycles. The predicted octanol–water partition coefficient (Wildman–Crippen LogP) is 4.66. The van der Waals surface area contributed by atoms with Crippen molar-refractivity contribution in [3.05, 3.63) is 75.5 Å². The first-order valence-electron chi connectivity index (χ1n) is 22.9. The van der Waals surface area contributed by atoms with E-state index in [1.807, 2.05) is 37.8 Å². The number of benzene rings is 2. The number of rotatable bonds is 10. The smallest absolute Gasteiger partial charge is 0.408 e. The van der Waals surface area contributed by atoms with Crippen LogP contribution in [0.25, 0.3) is 10.8 Å². The number of halogens is 1. The number of nitrogens with one attached hydrogen (secondary N) is 2. The molecule has 334 valence electrons. The summed E-state index contributed by atoms with van der Waals surface area (Å²) in [6.07, 6.45) is 8.15. The molecule has 2 N–H and O–H groups in total. The number of alkyl carbamates (subject to hydrolysis) is 1. The lowest BCUT2D eigenvalue weighted by molar-refractivity contribution is -0.145. The van der Waals surface area contributed by atoms with Crippen LogP contribution >= 0.6 is 0 Å². The van der Waals surface area contributed by atoms with Crippen molar-refractivity contribution >= 4 is 34.6 Å². The number of amides is 4. The van der Waals surface area contributed by atoms with E-state index in [9.17, 15) is 24.0 Å². The highest BCUT2D eigenvalue weighted by Gasteiger charge is 2.46. The van der Waals surface area contributed by atoms with Crippen molar-refractivity contribution in [2.24, 2.45) is 17.8 Å². The van der Waals surface area contributed by atoms with E-state index < -0.39 is 29.5 Å². The van der Waals surface area contributed by atoms with Crippen molar-refractivity contribution in [2.75, 3.05) is 72.0 Å². The summed E-state index contributed by atoms with van der Waals surface area (Å²) in [5, 5.41) is 11.0. The highest BCUT2D eigenvalue weighted by atomic mass is 19.1. The number of hydrogen-bond acceptors (Lipinski definition) is 9. The molecule has 4 saturated heterocycles. The molecule has 4 atom stereocenters. The second-order valence-electron chi connectivity index (χ2n) is 19.3. The Morgan fingerprint density at radius 2 is 1.56 bits per heavy atom. The van der Waals surface area contributed by atoms with Crippen LogP contribution in [0.5, 0.6) is 0 Å². The number of carbonyl (C=O) groups excluding carboxylic acids is 4. The second kappa shape index (κ2) is 18.8. The molecule has 9 rings (SSSR count). The Kier molecular flexibility index (Phi) is 13.3. The van der Waals surface area contributed by atoms with Gasteiger partial charge in [-0.3, -0.25) is 24.1 Å². The summed E-state index contributed by atoms with van der Waals surface area (Å²) in [5.41, 5.74) is 0.402. The number of aromatic nitrogens is 2. The summed E-state index contributed by atoms with van der Waals surface area (Å²) in [5.74, 6) is 0.186. The number of piperidine rings is 2. The number of aromatic amines is 1. The van der Waals surface area contributed by atoms with Gasteiger partial charge in [-0.2, -0.15) is 5.10 Å². The highest BCUT2D eigenvalue weighted by Crippen LogP contribution is 2.41. The van der Waals surface area contributed by atoms with E-state index in [-0.39, 0.29) is 34.9 Å². The lowest BCUT2D eigenvalue weighted by Crippen LogP contribution is -2.62. The van der Waals surface area contributed by atoms with Crippen LogP contribution in [0.3, 0.4) is 0 Å². The van der Waals surface area contributed by atoms with E-state index in [1.165, 1.54) is 12.5 Å². The Balaban J connectivity index is 0.781. The van der Waals surface area contributed by atoms with Crippen LogP contribution in [0.4, 0.5) is 9.18 Å². The fourth-order valence-corrected chi connectivity index (χ4v) is 10.6. The van der Waals surface area contributed by atoms with Crippen molar-refractivity contribution in [3.63, 3.8) is 0 Å². The zero-order valence-electron chi connectivity index (χ0n) is 36.6. The zero-order chi connectivity index (χ0) is 43.5. The van der Waals surface area contributed by atoms with Crippen molar-refractivity contribution in [1.29, 1.82) is 0 Å². The molecular formula is C47H63FN8O6. The van der Waals surface area contributed by atoms with Crippen LogP contribution in [0, 0.1) is 23.6 Å². The van der Waals surface area contributed by atoms with Gasteiger partial charge in [0, 0.05) is 83.3 Å². The molecule has 1 aromatic heterocycles. The van der Waals surface area contributed by atoms with Gasteiger partial charge in [-0.05, 0) is 94.4 Å². The standard InChI is InChI=1S/C47H63FN8O6/c1-47(2,3)62-46(61)49-42(32-9-5-4-6-10-32)45(60)56-29-33-14-15-35(56)27-34(33)28-52-17-19-53(20-18-52)30-41(57)54-21-23-55(24-22-54)44(59)38-25-31(13-16-39(38)48)26-40-36-11-7-8-12-37(36)43(58)51-50-40/h7-8,11-13,16,25,32-35,42H,4-6,9-10,14-15,17-24,26-30H2,1-3H3,(H,49,61)(H,51,58)/t33?,34?,35?,42-/m1/s1. The molecule has 4 amide bonds. The van der Waals surface area contributed by atoms with Crippen LogP contribution < -0.4 is 10.9 Å². The minimum Gasteiger partial charge on any atom is -0.444 e. The number of H-pyrrole nitrogens is 1. The molecule has 2 bridgehead atoms. The molecule has 0 spiro atoms. The van der Waals surface area contributed by atoms with Crippen LogP contribution in [0.2, 0.25) is 0 Å². The third kappa shape index (κ3) is 10.1. The highest BCUT2D eigenvalue weighted by molar-refractivity contribution is 5.95. The van der Waals surface area contributed by atoms with Gasteiger partial charge < -0.3 is 29.7 Å². The van der Waals surface area contributed by atoms with E-state index in [0.29, 0.717) is 73.0 Å². The average Bonchev–Trinajstić information content (AvgIpc) is 3.27. The maximum atomic E-state index is 15.1. The molecule has 6 fully saturated rings. The van der Waals surface area contributed by atoms with Crippen LogP contribution in [-0.2, 0) is 20.7 Å². The van der Waals surface area contributed by atoms with E-state index in [2.05, 4.69) is 30.2 Å². The summed E-state index contributed by atoms with van der Waals surface area (Å²) in [7, 11) is 0. The second-order valence-corrected chi connectivity index (χ2v) is 19.3. The molecule has 2 aromatic carbocycles. The fourth-order valence-electron chi connectivity index (χ4n) is 10.6. The van der Waals surface area contributed by atoms with Gasteiger partial charge in [0.05, 0.1) is 23.2 Å². The molecule has 3 unspecified atom stereocenters. The minimum absolute atomic E-state index is 0.0170. The number of piperazine rings is 2. The van der Waals surface area contributed by atoms with E-state index in [4.69, 9.17) is 4.74 Å². The fraction of sp³-hybridized carbons (Fsp3) is 0.617. The molecule has 3 aromatic rings. The van der Waals surface area contributed by atoms with Crippen molar-refractivity contribution in [2.45, 2.75) is 96.2 Å². The average molecular weight is 855 g/mol. The Morgan fingerprint density at radius 1 is 0.871 bits per heavy atom. The number of nitrogens with zero attached hydrogens (tertiary/aromatic N) is 6. The van der Waals surface area contributed by atoms with E-state index >= 15 is 4.39 Å². The molecular weight excluding hydrogens is 792 g/mol. The van der Waals surface area contributed by atoms with Gasteiger partial charge in [0.25, 0.3) is 11.5 Å². The predicted molar refractivity (Wildman–Crippen MR) is 233 cm³/mol. The monoisotopic (exact) mass is 854 g/mol. The number of ether oxygens (including phenoxy) is 1. The molecule has 0 radical (unpaired) electrons. The Bertz CT molecular complexity index is 2170. The topological polar surface area (TPSA) is 151 Å². The number of hydrogen-bond donors (Lipinski definition) is 2. The maximum absolute atomic E-state index is 15.1.